The molecular formula is C13H20BrNO2. The highest BCUT2D eigenvalue weighted by molar-refractivity contribution is 9.10. The van der Waals surface area contributed by atoms with E-state index in [1.54, 1.807) is 14.0 Å². The number of aliphatic hydroxyl groups is 1. The van der Waals surface area contributed by atoms with Gasteiger partial charge in [-0.3, -0.25) is 0 Å². The summed E-state index contributed by atoms with van der Waals surface area (Å²) in [4.78, 5) is 0. The number of hydrogen-bond donors (Lipinski definition) is 2. The lowest BCUT2D eigenvalue weighted by Crippen LogP contribution is -2.25. The molecule has 0 amide bonds. The minimum absolute atomic E-state index is 0.444. The topological polar surface area (TPSA) is 55.5 Å². The van der Waals surface area contributed by atoms with Crippen LogP contribution in [0.4, 0.5) is 0 Å². The van der Waals surface area contributed by atoms with E-state index in [0.29, 0.717) is 0 Å². The van der Waals surface area contributed by atoms with Gasteiger partial charge in [0.05, 0.1) is 19.3 Å². The van der Waals surface area contributed by atoms with Crippen molar-refractivity contribution in [1.29, 1.82) is 0 Å². The van der Waals surface area contributed by atoms with Crippen LogP contribution in [0.15, 0.2) is 4.47 Å². The second-order valence-electron chi connectivity index (χ2n) is 4.40. The SMILES string of the molecule is COc1c(C)c(C)c(Br)c(C)c1C(N)C(C)O. The van der Waals surface area contributed by atoms with Crippen molar-refractivity contribution in [3.63, 3.8) is 0 Å². The molecule has 0 heterocycles. The first kappa shape index (κ1) is 14.5. The van der Waals surface area contributed by atoms with Crippen molar-refractivity contribution in [3.05, 3.63) is 26.7 Å². The molecule has 2 unspecified atom stereocenters. The van der Waals surface area contributed by atoms with Crippen LogP contribution in [0.3, 0.4) is 0 Å². The normalized spacial score (nSPS) is 14.6. The number of aliphatic hydroxyl groups excluding tert-OH is 1. The first-order chi connectivity index (χ1) is 7.82. The Bertz CT molecular complexity index is 430. The third-order valence-corrected chi connectivity index (χ3v) is 4.46. The molecular weight excluding hydrogens is 282 g/mol. The van der Waals surface area contributed by atoms with Crippen molar-refractivity contribution in [2.24, 2.45) is 5.73 Å². The minimum Gasteiger partial charge on any atom is -0.496 e. The van der Waals surface area contributed by atoms with Gasteiger partial charge in [0.2, 0.25) is 0 Å². The van der Waals surface area contributed by atoms with Gasteiger partial charge in [-0.15, -0.1) is 0 Å². The maximum absolute atomic E-state index is 9.67. The summed E-state index contributed by atoms with van der Waals surface area (Å²) in [5.41, 5.74) is 10.1. The predicted molar refractivity (Wildman–Crippen MR) is 73.5 cm³/mol. The molecule has 0 fully saturated rings. The van der Waals surface area contributed by atoms with Gasteiger partial charge in [0.15, 0.2) is 0 Å². The fourth-order valence-corrected chi connectivity index (χ4v) is 2.52. The van der Waals surface area contributed by atoms with Crippen LogP contribution in [0, 0.1) is 20.8 Å². The van der Waals surface area contributed by atoms with Crippen LogP contribution in [0.25, 0.3) is 0 Å². The second kappa shape index (κ2) is 5.38. The fraction of sp³-hybridized carbons (Fsp3) is 0.538. The third kappa shape index (κ3) is 2.49. The maximum Gasteiger partial charge on any atom is 0.127 e. The molecule has 1 aromatic carbocycles. The van der Waals surface area contributed by atoms with E-state index >= 15 is 0 Å². The van der Waals surface area contributed by atoms with E-state index in [9.17, 15) is 5.11 Å². The van der Waals surface area contributed by atoms with Crippen molar-refractivity contribution >= 4 is 15.9 Å². The van der Waals surface area contributed by atoms with Crippen LogP contribution in [-0.4, -0.2) is 18.3 Å². The summed E-state index contributed by atoms with van der Waals surface area (Å²) < 4.78 is 6.48. The average molecular weight is 302 g/mol. The molecule has 3 nitrogen and oxygen atoms in total. The predicted octanol–water partition coefficient (Wildman–Crippen LogP) is 2.76. The number of hydrogen-bond acceptors (Lipinski definition) is 3. The quantitative estimate of drug-likeness (QED) is 0.902. The summed E-state index contributed by atoms with van der Waals surface area (Å²) in [5.74, 6) is 0.775. The molecule has 0 saturated carbocycles. The minimum atomic E-state index is -0.614. The summed E-state index contributed by atoms with van der Waals surface area (Å²) in [6.07, 6.45) is -0.614. The lowest BCUT2D eigenvalue weighted by molar-refractivity contribution is 0.162. The van der Waals surface area contributed by atoms with Gasteiger partial charge in [-0.2, -0.15) is 0 Å². The lowest BCUT2D eigenvalue weighted by Gasteiger charge is -2.24. The maximum atomic E-state index is 9.67. The number of benzene rings is 1. The number of rotatable bonds is 3. The van der Waals surface area contributed by atoms with Crippen molar-refractivity contribution in [2.45, 2.75) is 39.8 Å². The van der Waals surface area contributed by atoms with E-state index in [0.717, 1.165) is 32.5 Å². The zero-order valence-electron chi connectivity index (χ0n) is 11.0. The van der Waals surface area contributed by atoms with Crippen LogP contribution in [0.5, 0.6) is 5.75 Å². The number of ether oxygens (including phenoxy) is 1. The third-order valence-electron chi connectivity index (χ3n) is 3.27. The van der Waals surface area contributed by atoms with Gasteiger partial charge in [0.25, 0.3) is 0 Å². The number of halogens is 1. The Morgan fingerprint density at radius 3 is 2.12 bits per heavy atom. The monoisotopic (exact) mass is 301 g/mol. The molecule has 0 saturated heterocycles. The molecule has 0 aliphatic rings. The summed E-state index contributed by atoms with van der Waals surface area (Å²) in [5, 5.41) is 9.67. The number of nitrogens with two attached hydrogens (primary N) is 1. The fourth-order valence-electron chi connectivity index (χ4n) is 2.01. The molecule has 1 rings (SSSR count). The van der Waals surface area contributed by atoms with Crippen LogP contribution in [-0.2, 0) is 0 Å². The first-order valence-electron chi connectivity index (χ1n) is 5.59. The average Bonchev–Trinajstić information content (AvgIpc) is 2.29. The highest BCUT2D eigenvalue weighted by atomic mass is 79.9. The smallest absolute Gasteiger partial charge is 0.127 e. The van der Waals surface area contributed by atoms with E-state index in [2.05, 4.69) is 15.9 Å². The molecule has 0 aliphatic heterocycles. The molecule has 0 spiro atoms. The zero-order chi connectivity index (χ0) is 13.3. The van der Waals surface area contributed by atoms with E-state index in [-0.39, 0.29) is 0 Å². The van der Waals surface area contributed by atoms with Gasteiger partial charge in [0.1, 0.15) is 5.75 Å². The van der Waals surface area contributed by atoms with E-state index in [1.165, 1.54) is 0 Å². The van der Waals surface area contributed by atoms with Gasteiger partial charge >= 0.3 is 0 Å². The highest BCUT2D eigenvalue weighted by Crippen LogP contribution is 2.39. The van der Waals surface area contributed by atoms with E-state index in [1.807, 2.05) is 20.8 Å². The molecule has 3 N–H and O–H groups in total. The Balaban J connectivity index is 3.58. The van der Waals surface area contributed by atoms with Gasteiger partial charge in [-0.25, -0.2) is 0 Å². The molecule has 17 heavy (non-hydrogen) atoms. The molecule has 0 aliphatic carbocycles. The molecule has 0 radical (unpaired) electrons. The van der Waals surface area contributed by atoms with Gasteiger partial charge in [0, 0.05) is 10.0 Å². The first-order valence-corrected chi connectivity index (χ1v) is 6.39. The molecule has 0 bridgehead atoms. The van der Waals surface area contributed by atoms with E-state index < -0.39 is 12.1 Å². The summed E-state index contributed by atoms with van der Waals surface area (Å²) in [7, 11) is 1.63. The molecule has 4 heteroatoms. The summed E-state index contributed by atoms with van der Waals surface area (Å²) >= 11 is 3.57. The Morgan fingerprint density at radius 2 is 1.71 bits per heavy atom. The Kier molecular flexibility index (Phi) is 4.58. The van der Waals surface area contributed by atoms with Gasteiger partial charge in [-0.05, 0) is 44.4 Å². The van der Waals surface area contributed by atoms with Crippen LogP contribution in [0.2, 0.25) is 0 Å². The van der Waals surface area contributed by atoms with Crippen molar-refractivity contribution in [1.82, 2.24) is 0 Å². The van der Waals surface area contributed by atoms with Gasteiger partial charge in [-0.1, -0.05) is 15.9 Å². The van der Waals surface area contributed by atoms with Crippen molar-refractivity contribution in [3.8, 4) is 5.75 Å². The van der Waals surface area contributed by atoms with Crippen LogP contribution in [0.1, 0.15) is 35.2 Å². The highest BCUT2D eigenvalue weighted by Gasteiger charge is 2.23. The summed E-state index contributed by atoms with van der Waals surface area (Å²) in [6.45, 7) is 7.70. The molecule has 96 valence electrons. The van der Waals surface area contributed by atoms with Crippen LogP contribution >= 0.6 is 15.9 Å². The van der Waals surface area contributed by atoms with E-state index in [4.69, 9.17) is 10.5 Å². The largest absolute Gasteiger partial charge is 0.496 e. The van der Waals surface area contributed by atoms with Gasteiger partial charge < -0.3 is 15.6 Å². The Labute approximate surface area is 111 Å². The number of methoxy groups -OCH3 is 1. The molecule has 2 atom stereocenters. The van der Waals surface area contributed by atoms with Crippen molar-refractivity contribution in [2.75, 3.05) is 7.11 Å². The second-order valence-corrected chi connectivity index (χ2v) is 5.20. The summed E-state index contributed by atoms with van der Waals surface area (Å²) in [6, 6.07) is -0.444. The molecule has 1 aromatic rings. The van der Waals surface area contributed by atoms with Crippen molar-refractivity contribution < 1.29 is 9.84 Å². The molecule has 0 aromatic heterocycles. The zero-order valence-corrected chi connectivity index (χ0v) is 12.6. The Morgan fingerprint density at radius 1 is 1.18 bits per heavy atom. The van der Waals surface area contributed by atoms with Crippen LogP contribution < -0.4 is 10.5 Å². The lowest BCUT2D eigenvalue weighted by atomic mass is 9.92. The standard InChI is InChI=1S/C13H20BrNO2/c1-6-7(2)13(17-5)10(8(3)11(6)14)12(15)9(4)16/h9,12,16H,15H2,1-5H3. The Hall–Kier alpha value is -0.580.